The fraction of sp³-hybridized carbons (Fsp3) is 0.0769. The molecule has 9 rings (SSSR count). The van der Waals surface area contributed by atoms with Gasteiger partial charge in [-0.2, -0.15) is 10.5 Å². The van der Waals surface area contributed by atoms with Crippen LogP contribution in [0, 0.1) is 22.7 Å². The topological polar surface area (TPSA) is 59.0 Å². The zero-order valence-electron chi connectivity index (χ0n) is 32.1. The predicted octanol–water partition coefficient (Wildman–Crippen LogP) is 13.9. The molecule has 0 saturated carbocycles. The summed E-state index contributed by atoms with van der Waals surface area (Å²) in [5, 5.41) is 24.1. The summed E-state index contributed by atoms with van der Waals surface area (Å²) in [7, 11) is 0. The van der Waals surface area contributed by atoms with Gasteiger partial charge in [-0.3, -0.25) is 0 Å². The Morgan fingerprint density at radius 1 is 0.421 bits per heavy atom. The van der Waals surface area contributed by atoms with E-state index in [9.17, 15) is 10.5 Å². The van der Waals surface area contributed by atoms with Crippen molar-refractivity contribution in [3.8, 4) is 17.8 Å². The highest BCUT2D eigenvalue weighted by molar-refractivity contribution is 6.14. The molecule has 5 nitrogen and oxygen atoms in total. The molecular formula is C52H39N5. The van der Waals surface area contributed by atoms with Crippen LogP contribution in [-0.4, -0.2) is 4.57 Å². The van der Waals surface area contributed by atoms with Crippen LogP contribution in [0.4, 0.5) is 34.1 Å². The smallest absolute Gasteiger partial charge is 0.0992 e. The third kappa shape index (κ3) is 6.52. The van der Waals surface area contributed by atoms with Crippen LogP contribution in [0.15, 0.2) is 182 Å². The van der Waals surface area contributed by atoms with Gasteiger partial charge in [0.1, 0.15) is 0 Å². The highest BCUT2D eigenvalue weighted by Crippen LogP contribution is 2.42. The van der Waals surface area contributed by atoms with E-state index in [4.69, 9.17) is 0 Å². The summed E-state index contributed by atoms with van der Waals surface area (Å²) in [5.41, 5.74) is 11.6. The maximum atomic E-state index is 9.82. The number of aromatic nitrogens is 1. The Hall–Kier alpha value is -7.60. The van der Waals surface area contributed by atoms with Crippen LogP contribution in [-0.2, 0) is 5.41 Å². The Morgan fingerprint density at radius 2 is 0.930 bits per heavy atom. The van der Waals surface area contributed by atoms with Gasteiger partial charge in [0.25, 0.3) is 0 Å². The Labute approximate surface area is 333 Å². The Balaban J connectivity index is 1.29. The lowest BCUT2D eigenvalue weighted by molar-refractivity contribution is 0.590. The van der Waals surface area contributed by atoms with Crippen molar-refractivity contribution in [3.63, 3.8) is 0 Å². The van der Waals surface area contributed by atoms with E-state index in [1.54, 1.807) is 0 Å². The summed E-state index contributed by atoms with van der Waals surface area (Å²) in [5.74, 6) is 0. The molecule has 0 aliphatic carbocycles. The van der Waals surface area contributed by atoms with Gasteiger partial charge in [-0.25, -0.2) is 0 Å². The van der Waals surface area contributed by atoms with Crippen molar-refractivity contribution in [2.75, 3.05) is 9.80 Å². The van der Waals surface area contributed by atoms with E-state index in [0.29, 0.717) is 11.1 Å². The van der Waals surface area contributed by atoms with Gasteiger partial charge in [-0.15, -0.1) is 0 Å². The van der Waals surface area contributed by atoms with E-state index >= 15 is 0 Å². The SMILES string of the molecule is CC(C)(C)c1ccc(-n2c3cc(N(c4ccccc4)c4cccc(C#N)c4)ccc3c3cc4ccc(N(c5ccccc5)c5cccc(C#N)c5)cc4cc32)cc1. The number of fused-ring (bicyclic) bond motifs is 4. The highest BCUT2D eigenvalue weighted by atomic mass is 15.1. The van der Waals surface area contributed by atoms with E-state index in [-0.39, 0.29) is 5.41 Å². The Morgan fingerprint density at radius 3 is 1.49 bits per heavy atom. The Kier molecular flexibility index (Phi) is 8.77. The molecule has 57 heavy (non-hydrogen) atoms. The lowest BCUT2D eigenvalue weighted by atomic mass is 9.87. The van der Waals surface area contributed by atoms with E-state index in [1.807, 2.05) is 78.9 Å². The van der Waals surface area contributed by atoms with Crippen molar-refractivity contribution in [3.05, 3.63) is 199 Å². The standard InChI is InChI=1S/C52H39N5/c1-52(2,3)40-21-24-43(25-22-40)57-50-32-39-30-46(55(41-14-6-4-7-15-41)44-18-10-12-36(28-44)34-53)23-20-38(39)31-49(50)48-27-26-47(33-51(48)57)56(42-16-8-5-9-17-42)45-19-11-13-37(29-45)35-54/h4-33H,1-3H3. The van der Waals surface area contributed by atoms with Gasteiger partial charge in [0.2, 0.25) is 0 Å². The average molecular weight is 734 g/mol. The number of para-hydroxylation sites is 2. The molecule has 0 fully saturated rings. The first kappa shape index (κ1) is 35.1. The van der Waals surface area contributed by atoms with E-state index < -0.39 is 0 Å². The lowest BCUT2D eigenvalue weighted by Crippen LogP contribution is -2.11. The largest absolute Gasteiger partial charge is 0.310 e. The second-order valence-corrected chi connectivity index (χ2v) is 15.4. The summed E-state index contributed by atoms with van der Waals surface area (Å²) in [6.07, 6.45) is 0. The normalized spacial score (nSPS) is 11.4. The van der Waals surface area contributed by atoms with Gasteiger partial charge in [0.05, 0.1) is 34.3 Å². The molecule has 0 amide bonds. The maximum absolute atomic E-state index is 9.82. The number of nitriles is 2. The minimum Gasteiger partial charge on any atom is -0.310 e. The fourth-order valence-electron chi connectivity index (χ4n) is 7.88. The van der Waals surface area contributed by atoms with Gasteiger partial charge in [-0.1, -0.05) is 93.6 Å². The van der Waals surface area contributed by atoms with E-state index in [2.05, 4.69) is 150 Å². The van der Waals surface area contributed by atoms with Gasteiger partial charge >= 0.3 is 0 Å². The Bertz CT molecular complexity index is 3010. The monoisotopic (exact) mass is 733 g/mol. The maximum Gasteiger partial charge on any atom is 0.0992 e. The molecule has 0 saturated heterocycles. The number of anilines is 6. The molecular weight excluding hydrogens is 695 g/mol. The van der Waals surface area contributed by atoms with Crippen LogP contribution >= 0.6 is 0 Å². The molecule has 1 aromatic heterocycles. The molecule has 272 valence electrons. The van der Waals surface area contributed by atoms with Crippen molar-refractivity contribution in [2.24, 2.45) is 0 Å². The first-order valence-corrected chi connectivity index (χ1v) is 19.1. The molecule has 0 unspecified atom stereocenters. The summed E-state index contributed by atoms with van der Waals surface area (Å²) in [4.78, 5) is 4.42. The molecule has 0 bridgehead atoms. The summed E-state index contributed by atoms with van der Waals surface area (Å²) < 4.78 is 2.38. The zero-order valence-corrected chi connectivity index (χ0v) is 32.1. The molecule has 1 heterocycles. The molecule has 0 N–H and O–H groups in total. The van der Waals surface area contributed by atoms with E-state index in [0.717, 1.165) is 72.4 Å². The van der Waals surface area contributed by atoms with Crippen LogP contribution in [0.3, 0.4) is 0 Å². The van der Waals surface area contributed by atoms with Crippen LogP contribution in [0.1, 0.15) is 37.5 Å². The second kappa shape index (κ2) is 14.2. The molecule has 0 spiro atoms. The van der Waals surface area contributed by atoms with Crippen molar-refractivity contribution in [1.29, 1.82) is 10.5 Å². The zero-order chi connectivity index (χ0) is 39.1. The first-order chi connectivity index (χ1) is 27.8. The molecule has 0 radical (unpaired) electrons. The van der Waals surface area contributed by atoms with E-state index in [1.165, 1.54) is 5.56 Å². The fourth-order valence-corrected chi connectivity index (χ4v) is 7.88. The molecule has 0 atom stereocenters. The third-order valence-electron chi connectivity index (χ3n) is 10.7. The lowest BCUT2D eigenvalue weighted by Gasteiger charge is -2.26. The van der Waals surface area contributed by atoms with Crippen molar-refractivity contribution in [2.45, 2.75) is 26.2 Å². The average Bonchev–Trinajstić information content (AvgIpc) is 3.56. The summed E-state index contributed by atoms with van der Waals surface area (Å²) in [6, 6.07) is 67.6. The van der Waals surface area contributed by atoms with Crippen LogP contribution in [0.25, 0.3) is 38.3 Å². The first-order valence-electron chi connectivity index (χ1n) is 19.1. The van der Waals surface area contributed by atoms with Gasteiger partial charge in [0.15, 0.2) is 0 Å². The van der Waals surface area contributed by atoms with Gasteiger partial charge < -0.3 is 14.4 Å². The number of hydrogen-bond donors (Lipinski definition) is 0. The molecule has 0 aliphatic heterocycles. The van der Waals surface area contributed by atoms with Crippen LogP contribution < -0.4 is 9.80 Å². The number of hydrogen-bond acceptors (Lipinski definition) is 4. The van der Waals surface area contributed by atoms with Crippen LogP contribution in [0.5, 0.6) is 0 Å². The quantitative estimate of drug-likeness (QED) is 0.164. The molecule has 8 aromatic carbocycles. The third-order valence-corrected chi connectivity index (χ3v) is 10.7. The summed E-state index contributed by atoms with van der Waals surface area (Å²) >= 11 is 0. The second-order valence-electron chi connectivity index (χ2n) is 15.4. The molecule has 9 aromatic rings. The van der Waals surface area contributed by atoms with Gasteiger partial charge in [0, 0.05) is 50.6 Å². The van der Waals surface area contributed by atoms with Crippen molar-refractivity contribution in [1.82, 2.24) is 4.57 Å². The predicted molar refractivity (Wildman–Crippen MR) is 236 cm³/mol. The van der Waals surface area contributed by atoms with Crippen molar-refractivity contribution < 1.29 is 0 Å². The van der Waals surface area contributed by atoms with Crippen molar-refractivity contribution >= 4 is 66.7 Å². The minimum absolute atomic E-state index is 0.0185. The number of benzene rings is 8. The molecule has 5 heteroatoms. The minimum atomic E-state index is 0.0185. The van der Waals surface area contributed by atoms with Crippen LogP contribution in [0.2, 0.25) is 0 Å². The number of nitrogens with zero attached hydrogens (tertiary/aromatic N) is 5. The summed E-state index contributed by atoms with van der Waals surface area (Å²) in [6.45, 7) is 6.73. The van der Waals surface area contributed by atoms with Gasteiger partial charge in [-0.05, 0) is 131 Å². The highest BCUT2D eigenvalue weighted by Gasteiger charge is 2.21. The number of rotatable bonds is 7. The molecule has 0 aliphatic rings.